The lowest BCUT2D eigenvalue weighted by atomic mass is 9.99. The topological polar surface area (TPSA) is 78.6 Å². The molecule has 1 aromatic heterocycles. The summed E-state index contributed by atoms with van der Waals surface area (Å²) in [7, 11) is 0. The number of nitrogens with zero attached hydrogens (tertiary/aromatic N) is 3. The number of aliphatic hydroxyl groups excluding tert-OH is 1. The number of hydrogen-bond acceptors (Lipinski definition) is 4. The van der Waals surface area contributed by atoms with Crippen molar-refractivity contribution >= 4 is 5.91 Å². The highest BCUT2D eigenvalue weighted by Gasteiger charge is 2.38. The third-order valence-electron chi connectivity index (χ3n) is 4.16. The van der Waals surface area contributed by atoms with Gasteiger partial charge in [0, 0.05) is 36.6 Å². The van der Waals surface area contributed by atoms with E-state index in [2.05, 4.69) is 4.98 Å². The summed E-state index contributed by atoms with van der Waals surface area (Å²) in [4.78, 5) is 17.9. The molecule has 0 saturated heterocycles. The summed E-state index contributed by atoms with van der Waals surface area (Å²) < 4.78 is 1.94. The van der Waals surface area contributed by atoms with E-state index >= 15 is 0 Å². The third-order valence-corrected chi connectivity index (χ3v) is 4.16. The van der Waals surface area contributed by atoms with E-state index in [0.29, 0.717) is 17.7 Å². The van der Waals surface area contributed by atoms with Crippen molar-refractivity contribution in [1.29, 1.82) is 0 Å². The zero-order valence-electron chi connectivity index (χ0n) is 12.9. The van der Waals surface area contributed by atoms with Crippen LogP contribution in [-0.2, 0) is 11.3 Å². The van der Waals surface area contributed by atoms with Gasteiger partial charge in [-0.25, -0.2) is 4.98 Å². The predicted molar refractivity (Wildman–Crippen MR) is 84.7 cm³/mol. The molecule has 2 aromatic rings. The summed E-state index contributed by atoms with van der Waals surface area (Å²) in [5.74, 6) is -0.485. The number of aryl methyl sites for hydroxylation is 1. The Hall–Kier alpha value is -2.76. The second-order valence-corrected chi connectivity index (χ2v) is 5.65. The van der Waals surface area contributed by atoms with Gasteiger partial charge in [0.2, 0.25) is 0 Å². The number of carbonyl (C=O) groups excluding carboxylic acids is 1. The number of hydrogen-bond donors (Lipinski definition) is 2. The van der Waals surface area contributed by atoms with E-state index in [-0.39, 0.29) is 17.4 Å². The van der Waals surface area contributed by atoms with Gasteiger partial charge in [0.25, 0.3) is 5.91 Å². The van der Waals surface area contributed by atoms with Gasteiger partial charge in [-0.3, -0.25) is 4.79 Å². The summed E-state index contributed by atoms with van der Waals surface area (Å²) in [6.07, 6.45) is 6.04. The van der Waals surface area contributed by atoms with Crippen LogP contribution in [0, 0.1) is 0 Å². The average Bonchev–Trinajstić information content (AvgIpc) is 3.13. The Kier molecular flexibility index (Phi) is 4.06. The van der Waals surface area contributed by atoms with Gasteiger partial charge >= 0.3 is 0 Å². The predicted octanol–water partition coefficient (Wildman–Crippen LogP) is 2.39. The molecule has 1 aromatic carbocycles. The molecule has 1 aliphatic rings. The average molecular weight is 313 g/mol. The molecule has 120 valence electrons. The minimum atomic E-state index is -0.425. The second kappa shape index (κ2) is 6.16. The van der Waals surface area contributed by atoms with Crippen molar-refractivity contribution < 1.29 is 15.0 Å². The molecule has 6 heteroatoms. The first kappa shape index (κ1) is 15.1. The quantitative estimate of drug-likeness (QED) is 0.888. The van der Waals surface area contributed by atoms with Crippen LogP contribution in [0.4, 0.5) is 0 Å². The number of carbonyl (C=O) groups is 1. The Morgan fingerprint density at radius 2 is 2.00 bits per heavy atom. The molecule has 0 bridgehead atoms. The first-order chi connectivity index (χ1) is 11.1. The van der Waals surface area contributed by atoms with Crippen LogP contribution in [0.2, 0.25) is 0 Å². The SMILES string of the molecule is CC1=C(O)C(=O)N(CCCn2ccnc2)C1c1ccccc1O. The number of benzene rings is 1. The fourth-order valence-electron chi connectivity index (χ4n) is 2.98. The van der Waals surface area contributed by atoms with Crippen LogP contribution in [-0.4, -0.2) is 37.1 Å². The number of aromatic nitrogens is 2. The van der Waals surface area contributed by atoms with Crippen LogP contribution < -0.4 is 0 Å². The molecule has 0 saturated carbocycles. The molecule has 0 aliphatic carbocycles. The van der Waals surface area contributed by atoms with Crippen molar-refractivity contribution in [3.8, 4) is 5.75 Å². The number of phenolic OH excluding ortho intramolecular Hbond substituents is 1. The van der Waals surface area contributed by atoms with Crippen LogP contribution in [0.25, 0.3) is 0 Å². The van der Waals surface area contributed by atoms with E-state index in [1.165, 1.54) is 0 Å². The molecule has 6 nitrogen and oxygen atoms in total. The molecule has 0 fully saturated rings. The van der Waals surface area contributed by atoms with Gasteiger partial charge in [0.05, 0.1) is 12.4 Å². The van der Waals surface area contributed by atoms with E-state index in [0.717, 1.165) is 13.0 Å². The van der Waals surface area contributed by atoms with Gasteiger partial charge in [0.1, 0.15) is 5.75 Å². The lowest BCUT2D eigenvalue weighted by Crippen LogP contribution is -2.31. The highest BCUT2D eigenvalue weighted by molar-refractivity contribution is 5.95. The lowest BCUT2D eigenvalue weighted by Gasteiger charge is -2.27. The molecule has 1 amide bonds. The van der Waals surface area contributed by atoms with Crippen molar-refractivity contribution in [2.24, 2.45) is 0 Å². The summed E-state index contributed by atoms with van der Waals surface area (Å²) in [6, 6.07) is 6.49. The smallest absolute Gasteiger partial charge is 0.289 e. The minimum absolute atomic E-state index is 0.124. The number of phenols is 1. The van der Waals surface area contributed by atoms with Crippen LogP contribution in [0.5, 0.6) is 5.75 Å². The van der Waals surface area contributed by atoms with Gasteiger partial charge in [-0.15, -0.1) is 0 Å². The first-order valence-electron chi connectivity index (χ1n) is 7.54. The van der Waals surface area contributed by atoms with Crippen molar-refractivity contribution in [3.63, 3.8) is 0 Å². The Bertz CT molecular complexity index is 737. The number of aliphatic hydroxyl groups is 1. The highest BCUT2D eigenvalue weighted by atomic mass is 16.3. The molecule has 1 unspecified atom stereocenters. The van der Waals surface area contributed by atoms with Gasteiger partial charge in [-0.05, 0) is 19.4 Å². The van der Waals surface area contributed by atoms with Crippen molar-refractivity contribution in [2.45, 2.75) is 25.9 Å². The fourth-order valence-corrected chi connectivity index (χ4v) is 2.98. The van der Waals surface area contributed by atoms with E-state index in [9.17, 15) is 15.0 Å². The standard InChI is InChI=1S/C17H19N3O3/c1-12-15(13-5-2-3-6-14(13)21)20(17(23)16(12)22)9-4-8-19-10-7-18-11-19/h2-3,5-7,10-11,15,21-22H,4,8-9H2,1H3. The lowest BCUT2D eigenvalue weighted by molar-refractivity contribution is -0.129. The van der Waals surface area contributed by atoms with Gasteiger partial charge < -0.3 is 19.7 Å². The van der Waals surface area contributed by atoms with Crippen LogP contribution in [0.3, 0.4) is 0 Å². The van der Waals surface area contributed by atoms with E-state index in [4.69, 9.17) is 0 Å². The Morgan fingerprint density at radius 1 is 1.22 bits per heavy atom. The van der Waals surface area contributed by atoms with Crippen LogP contribution in [0.1, 0.15) is 24.9 Å². The summed E-state index contributed by atoms with van der Waals surface area (Å²) >= 11 is 0. The maximum Gasteiger partial charge on any atom is 0.289 e. The van der Waals surface area contributed by atoms with E-state index in [1.54, 1.807) is 42.5 Å². The second-order valence-electron chi connectivity index (χ2n) is 5.65. The monoisotopic (exact) mass is 313 g/mol. The Morgan fingerprint density at radius 3 is 2.70 bits per heavy atom. The molecule has 2 heterocycles. The Balaban J connectivity index is 1.80. The number of rotatable bonds is 5. The van der Waals surface area contributed by atoms with Gasteiger partial charge in [0.15, 0.2) is 5.76 Å². The zero-order valence-corrected chi connectivity index (χ0v) is 12.9. The molecule has 23 heavy (non-hydrogen) atoms. The molecule has 2 N–H and O–H groups in total. The maximum atomic E-state index is 12.3. The molecule has 1 atom stereocenters. The summed E-state index contributed by atoms with van der Waals surface area (Å²) in [6.45, 7) is 2.94. The normalized spacial score (nSPS) is 18.0. The number of amides is 1. The molecular weight excluding hydrogens is 294 g/mol. The highest BCUT2D eigenvalue weighted by Crippen LogP contribution is 2.40. The van der Waals surface area contributed by atoms with E-state index < -0.39 is 6.04 Å². The van der Waals surface area contributed by atoms with Crippen molar-refractivity contribution in [1.82, 2.24) is 14.5 Å². The number of aromatic hydroxyl groups is 1. The number of para-hydroxylation sites is 1. The zero-order chi connectivity index (χ0) is 16.4. The van der Waals surface area contributed by atoms with Gasteiger partial charge in [-0.1, -0.05) is 18.2 Å². The molecule has 0 radical (unpaired) electrons. The van der Waals surface area contributed by atoms with Crippen molar-refractivity contribution in [2.75, 3.05) is 6.54 Å². The van der Waals surface area contributed by atoms with E-state index in [1.807, 2.05) is 16.8 Å². The van der Waals surface area contributed by atoms with Crippen LogP contribution >= 0.6 is 0 Å². The largest absolute Gasteiger partial charge is 0.508 e. The maximum absolute atomic E-state index is 12.3. The Labute approximate surface area is 134 Å². The molecule has 3 rings (SSSR count). The summed E-state index contributed by atoms with van der Waals surface area (Å²) in [5, 5.41) is 20.1. The first-order valence-corrected chi connectivity index (χ1v) is 7.54. The minimum Gasteiger partial charge on any atom is -0.508 e. The third kappa shape index (κ3) is 2.79. The molecular formula is C17H19N3O3. The fraction of sp³-hybridized carbons (Fsp3) is 0.294. The van der Waals surface area contributed by atoms with Crippen LogP contribution in [0.15, 0.2) is 54.3 Å². The van der Waals surface area contributed by atoms with Gasteiger partial charge in [-0.2, -0.15) is 0 Å². The number of imidazole rings is 1. The molecule has 1 aliphatic heterocycles. The summed E-state index contributed by atoms with van der Waals surface area (Å²) in [5.41, 5.74) is 1.20. The molecule has 0 spiro atoms. The van der Waals surface area contributed by atoms with Crippen molar-refractivity contribution in [3.05, 3.63) is 59.9 Å².